The summed E-state index contributed by atoms with van der Waals surface area (Å²) in [6.07, 6.45) is 0. The van der Waals surface area contributed by atoms with Crippen LogP contribution in [-0.4, -0.2) is 7.11 Å². The zero-order valence-corrected chi connectivity index (χ0v) is 11.9. The van der Waals surface area contributed by atoms with Gasteiger partial charge in [0.05, 0.1) is 13.2 Å². The average molecular weight is 274 g/mol. The van der Waals surface area contributed by atoms with E-state index in [9.17, 15) is 4.39 Å². The Morgan fingerprint density at radius 1 is 1.05 bits per heavy atom. The van der Waals surface area contributed by atoms with Crippen molar-refractivity contribution in [1.29, 1.82) is 0 Å². The van der Waals surface area contributed by atoms with Gasteiger partial charge in [-0.25, -0.2) is 9.82 Å². The minimum absolute atomic E-state index is 0.179. The van der Waals surface area contributed by atoms with E-state index < -0.39 is 0 Å². The van der Waals surface area contributed by atoms with E-state index in [1.807, 2.05) is 32.0 Å². The van der Waals surface area contributed by atoms with Crippen molar-refractivity contribution in [2.75, 3.05) is 7.11 Å². The van der Waals surface area contributed by atoms with Crippen LogP contribution in [0.1, 0.15) is 28.3 Å². The molecule has 2 aromatic carbocycles. The lowest BCUT2D eigenvalue weighted by atomic mass is 9.92. The van der Waals surface area contributed by atoms with E-state index in [2.05, 4.69) is 5.43 Å². The van der Waals surface area contributed by atoms with Crippen LogP contribution in [0.25, 0.3) is 0 Å². The third kappa shape index (κ3) is 2.81. The molecule has 3 nitrogen and oxygen atoms in total. The number of rotatable bonds is 4. The second kappa shape index (κ2) is 6.03. The Labute approximate surface area is 118 Å². The van der Waals surface area contributed by atoms with Crippen LogP contribution < -0.4 is 16.0 Å². The molecule has 3 N–H and O–H groups in total. The zero-order valence-electron chi connectivity index (χ0n) is 11.9. The number of ether oxygens (including phenoxy) is 1. The second-order valence-electron chi connectivity index (χ2n) is 4.82. The standard InChI is InChI=1S/C16H19FN2O/c1-10-8-12(17)4-6-14(10)16(19-18)15-7-5-13(20-3)9-11(15)2/h4-9,16,19H,18H2,1-3H3. The molecule has 0 aliphatic rings. The molecule has 0 heterocycles. The highest BCUT2D eigenvalue weighted by molar-refractivity contribution is 5.43. The lowest BCUT2D eigenvalue weighted by Gasteiger charge is -2.21. The number of hydrazine groups is 1. The summed E-state index contributed by atoms with van der Waals surface area (Å²) in [7, 11) is 1.64. The number of nitrogens with two attached hydrogens (primary N) is 1. The van der Waals surface area contributed by atoms with Crippen molar-refractivity contribution in [3.05, 3.63) is 64.5 Å². The molecule has 0 bridgehead atoms. The number of methoxy groups -OCH3 is 1. The van der Waals surface area contributed by atoms with Crippen molar-refractivity contribution in [2.24, 2.45) is 5.84 Å². The molecule has 2 rings (SSSR count). The summed E-state index contributed by atoms with van der Waals surface area (Å²) in [6.45, 7) is 3.88. The minimum Gasteiger partial charge on any atom is -0.497 e. The summed E-state index contributed by atoms with van der Waals surface area (Å²) in [5, 5.41) is 0. The predicted molar refractivity (Wildman–Crippen MR) is 78.0 cm³/mol. The first-order valence-electron chi connectivity index (χ1n) is 6.43. The maximum absolute atomic E-state index is 13.2. The van der Waals surface area contributed by atoms with E-state index in [-0.39, 0.29) is 11.9 Å². The molecule has 0 saturated carbocycles. The van der Waals surface area contributed by atoms with Crippen LogP contribution in [0.2, 0.25) is 0 Å². The van der Waals surface area contributed by atoms with Crippen molar-refractivity contribution in [3.8, 4) is 5.75 Å². The number of nitrogens with one attached hydrogen (secondary N) is 1. The Balaban J connectivity index is 2.47. The fourth-order valence-electron chi connectivity index (χ4n) is 2.41. The lowest BCUT2D eigenvalue weighted by Crippen LogP contribution is -2.30. The molecular formula is C16H19FN2O. The summed E-state index contributed by atoms with van der Waals surface area (Å²) >= 11 is 0. The third-order valence-corrected chi connectivity index (χ3v) is 3.50. The SMILES string of the molecule is COc1ccc(C(NN)c2ccc(F)cc2C)c(C)c1. The highest BCUT2D eigenvalue weighted by Crippen LogP contribution is 2.29. The normalized spacial score (nSPS) is 12.2. The van der Waals surface area contributed by atoms with Gasteiger partial charge < -0.3 is 4.74 Å². The first-order valence-corrected chi connectivity index (χ1v) is 6.43. The van der Waals surface area contributed by atoms with E-state index >= 15 is 0 Å². The lowest BCUT2D eigenvalue weighted by molar-refractivity contribution is 0.414. The van der Waals surface area contributed by atoms with Crippen LogP contribution >= 0.6 is 0 Å². The molecule has 0 aliphatic heterocycles. The van der Waals surface area contributed by atoms with Gasteiger partial charge in [-0.05, 0) is 60.4 Å². The van der Waals surface area contributed by atoms with Crippen LogP contribution in [0.15, 0.2) is 36.4 Å². The van der Waals surface area contributed by atoms with Gasteiger partial charge in [0.2, 0.25) is 0 Å². The van der Waals surface area contributed by atoms with Gasteiger partial charge in [0.25, 0.3) is 0 Å². The van der Waals surface area contributed by atoms with Crippen LogP contribution in [0.4, 0.5) is 4.39 Å². The molecule has 106 valence electrons. The monoisotopic (exact) mass is 274 g/mol. The van der Waals surface area contributed by atoms with E-state index in [0.29, 0.717) is 0 Å². The number of halogens is 1. The molecule has 0 radical (unpaired) electrons. The molecule has 0 fully saturated rings. The quantitative estimate of drug-likeness (QED) is 0.665. The van der Waals surface area contributed by atoms with Crippen molar-refractivity contribution >= 4 is 0 Å². The maximum Gasteiger partial charge on any atom is 0.123 e. The van der Waals surface area contributed by atoms with E-state index in [1.54, 1.807) is 13.2 Å². The fourth-order valence-corrected chi connectivity index (χ4v) is 2.41. The molecule has 1 unspecified atom stereocenters. The van der Waals surface area contributed by atoms with Crippen LogP contribution in [0.3, 0.4) is 0 Å². The number of hydrogen-bond acceptors (Lipinski definition) is 3. The summed E-state index contributed by atoms with van der Waals surface area (Å²) in [4.78, 5) is 0. The van der Waals surface area contributed by atoms with Gasteiger partial charge in [0, 0.05) is 0 Å². The molecule has 0 aromatic heterocycles. The van der Waals surface area contributed by atoms with Gasteiger partial charge in [-0.3, -0.25) is 5.84 Å². The molecule has 0 spiro atoms. The first kappa shape index (κ1) is 14.5. The van der Waals surface area contributed by atoms with Crippen molar-refractivity contribution in [3.63, 3.8) is 0 Å². The molecule has 2 aromatic rings. The van der Waals surface area contributed by atoms with E-state index in [4.69, 9.17) is 10.6 Å². The van der Waals surface area contributed by atoms with E-state index in [1.165, 1.54) is 12.1 Å². The smallest absolute Gasteiger partial charge is 0.123 e. The summed E-state index contributed by atoms with van der Waals surface area (Å²) in [5.41, 5.74) is 6.74. The maximum atomic E-state index is 13.2. The highest BCUT2D eigenvalue weighted by Gasteiger charge is 2.17. The number of aryl methyl sites for hydroxylation is 2. The zero-order chi connectivity index (χ0) is 14.7. The molecular weight excluding hydrogens is 255 g/mol. The Hall–Kier alpha value is -1.91. The second-order valence-corrected chi connectivity index (χ2v) is 4.82. The molecule has 0 aliphatic carbocycles. The molecule has 1 atom stereocenters. The molecule has 0 saturated heterocycles. The first-order chi connectivity index (χ1) is 9.56. The fraction of sp³-hybridized carbons (Fsp3) is 0.250. The Morgan fingerprint density at radius 3 is 2.15 bits per heavy atom. The minimum atomic E-state index is -0.242. The summed E-state index contributed by atoms with van der Waals surface area (Å²) < 4.78 is 18.4. The number of benzene rings is 2. The van der Waals surface area contributed by atoms with Gasteiger partial charge in [-0.2, -0.15) is 0 Å². The summed E-state index contributed by atoms with van der Waals surface area (Å²) in [6, 6.07) is 10.4. The van der Waals surface area contributed by atoms with Gasteiger partial charge in [-0.1, -0.05) is 12.1 Å². The Bertz CT molecular complexity index is 613. The van der Waals surface area contributed by atoms with Crippen molar-refractivity contribution in [1.82, 2.24) is 5.43 Å². The van der Waals surface area contributed by atoms with Crippen LogP contribution in [-0.2, 0) is 0 Å². The van der Waals surface area contributed by atoms with Crippen LogP contribution in [0.5, 0.6) is 5.75 Å². The average Bonchev–Trinajstić information content (AvgIpc) is 2.43. The van der Waals surface area contributed by atoms with Crippen LogP contribution in [0, 0.1) is 19.7 Å². The number of hydrogen-bond donors (Lipinski definition) is 2. The topological polar surface area (TPSA) is 47.3 Å². The van der Waals surface area contributed by atoms with Gasteiger partial charge in [0.1, 0.15) is 11.6 Å². The van der Waals surface area contributed by atoms with E-state index in [0.717, 1.165) is 28.0 Å². The van der Waals surface area contributed by atoms with Crippen molar-refractivity contribution < 1.29 is 9.13 Å². The Morgan fingerprint density at radius 2 is 1.65 bits per heavy atom. The van der Waals surface area contributed by atoms with Gasteiger partial charge in [-0.15, -0.1) is 0 Å². The van der Waals surface area contributed by atoms with Crippen molar-refractivity contribution in [2.45, 2.75) is 19.9 Å². The molecule has 20 heavy (non-hydrogen) atoms. The Kier molecular flexibility index (Phi) is 4.37. The largest absolute Gasteiger partial charge is 0.497 e. The van der Waals surface area contributed by atoms with Gasteiger partial charge in [0.15, 0.2) is 0 Å². The summed E-state index contributed by atoms with van der Waals surface area (Å²) in [5.74, 6) is 6.27. The van der Waals surface area contributed by atoms with Gasteiger partial charge >= 0.3 is 0 Å². The predicted octanol–water partition coefficient (Wildman–Crippen LogP) is 3.00. The molecule has 4 heteroatoms. The molecule has 0 amide bonds. The third-order valence-electron chi connectivity index (χ3n) is 3.50. The highest BCUT2D eigenvalue weighted by atomic mass is 19.1.